The van der Waals surface area contributed by atoms with Crippen LogP contribution in [0.2, 0.25) is 0 Å². The number of ether oxygens (including phenoxy) is 1. The van der Waals surface area contributed by atoms with E-state index in [9.17, 15) is 4.79 Å². The van der Waals surface area contributed by atoms with Crippen LogP contribution in [0.3, 0.4) is 0 Å². The zero-order chi connectivity index (χ0) is 12.1. The van der Waals surface area contributed by atoms with Crippen LogP contribution in [0, 0.1) is 0 Å². The van der Waals surface area contributed by atoms with Gasteiger partial charge >= 0.3 is 5.97 Å². The van der Waals surface area contributed by atoms with Crippen molar-refractivity contribution in [1.82, 2.24) is 15.0 Å². The number of carbonyl (C=O) groups excluding carboxylic acids is 1. The molecule has 2 aromatic rings. The second-order valence-corrected chi connectivity index (χ2v) is 3.21. The van der Waals surface area contributed by atoms with Crippen molar-refractivity contribution in [2.75, 3.05) is 6.61 Å². The van der Waals surface area contributed by atoms with Gasteiger partial charge in [0, 0.05) is 24.2 Å². The first-order chi connectivity index (χ1) is 8.33. The van der Waals surface area contributed by atoms with Crippen LogP contribution in [0.25, 0.3) is 11.3 Å². The standard InChI is InChI=1S/C12H11N3O2/c1-2-17-12(16)11-9(4-3-5-15-11)10-8-13-6-7-14-10/h3-8H,2H2,1H3. The molecule has 0 aliphatic heterocycles. The molecular weight excluding hydrogens is 218 g/mol. The molecule has 86 valence electrons. The summed E-state index contributed by atoms with van der Waals surface area (Å²) in [5.41, 5.74) is 1.48. The minimum absolute atomic E-state index is 0.259. The lowest BCUT2D eigenvalue weighted by molar-refractivity contribution is 0.0520. The fraction of sp³-hybridized carbons (Fsp3) is 0.167. The Balaban J connectivity index is 2.45. The number of rotatable bonds is 3. The number of pyridine rings is 1. The third-order valence-corrected chi connectivity index (χ3v) is 2.12. The van der Waals surface area contributed by atoms with Crippen molar-refractivity contribution in [2.24, 2.45) is 0 Å². The molecular formula is C12H11N3O2. The smallest absolute Gasteiger partial charge is 0.357 e. The number of hydrogen-bond donors (Lipinski definition) is 0. The van der Waals surface area contributed by atoms with Crippen molar-refractivity contribution in [2.45, 2.75) is 6.92 Å². The van der Waals surface area contributed by atoms with Gasteiger partial charge in [-0.3, -0.25) is 9.97 Å². The summed E-state index contributed by atoms with van der Waals surface area (Å²) in [6.07, 6.45) is 6.27. The van der Waals surface area contributed by atoms with E-state index in [1.165, 1.54) is 0 Å². The maximum absolute atomic E-state index is 11.7. The number of esters is 1. The molecule has 0 N–H and O–H groups in total. The molecule has 0 amide bonds. The number of carbonyl (C=O) groups is 1. The molecule has 0 aliphatic rings. The van der Waals surface area contributed by atoms with E-state index in [1.54, 1.807) is 43.8 Å². The van der Waals surface area contributed by atoms with Crippen molar-refractivity contribution in [3.63, 3.8) is 0 Å². The number of nitrogens with zero attached hydrogens (tertiary/aromatic N) is 3. The van der Waals surface area contributed by atoms with Crippen molar-refractivity contribution >= 4 is 5.97 Å². The summed E-state index contributed by atoms with van der Waals surface area (Å²) in [4.78, 5) is 23.8. The molecule has 0 saturated heterocycles. The Hall–Kier alpha value is -2.30. The molecule has 0 atom stereocenters. The SMILES string of the molecule is CCOC(=O)c1ncccc1-c1cnccn1. The van der Waals surface area contributed by atoms with E-state index in [0.717, 1.165) is 0 Å². The molecule has 0 spiro atoms. The summed E-state index contributed by atoms with van der Waals surface area (Å²) in [6, 6.07) is 3.51. The molecule has 0 unspecified atom stereocenters. The van der Waals surface area contributed by atoms with E-state index in [-0.39, 0.29) is 5.69 Å². The number of aromatic nitrogens is 3. The summed E-state index contributed by atoms with van der Waals surface area (Å²) in [7, 11) is 0. The quantitative estimate of drug-likeness (QED) is 0.750. The van der Waals surface area contributed by atoms with Gasteiger partial charge in [-0.05, 0) is 19.1 Å². The largest absolute Gasteiger partial charge is 0.461 e. The van der Waals surface area contributed by atoms with Gasteiger partial charge < -0.3 is 4.74 Å². The average Bonchev–Trinajstić information content (AvgIpc) is 2.40. The highest BCUT2D eigenvalue weighted by Crippen LogP contribution is 2.19. The summed E-state index contributed by atoms with van der Waals surface area (Å²) in [6.45, 7) is 2.07. The molecule has 2 rings (SSSR count). The first-order valence-corrected chi connectivity index (χ1v) is 5.21. The van der Waals surface area contributed by atoms with Gasteiger partial charge in [-0.2, -0.15) is 0 Å². The molecule has 0 bridgehead atoms. The second kappa shape index (κ2) is 5.16. The van der Waals surface area contributed by atoms with Gasteiger partial charge in [0.25, 0.3) is 0 Å². The molecule has 0 aromatic carbocycles. The summed E-state index contributed by atoms with van der Waals surface area (Å²) in [5, 5.41) is 0. The minimum atomic E-state index is -0.450. The van der Waals surface area contributed by atoms with E-state index in [2.05, 4.69) is 15.0 Å². The van der Waals surface area contributed by atoms with Gasteiger partial charge in [0.2, 0.25) is 0 Å². The Kier molecular flexibility index (Phi) is 3.40. The van der Waals surface area contributed by atoms with Crippen LogP contribution < -0.4 is 0 Å². The normalized spacial score (nSPS) is 9.94. The van der Waals surface area contributed by atoms with Crippen LogP contribution in [0.5, 0.6) is 0 Å². The van der Waals surface area contributed by atoms with Crippen molar-refractivity contribution in [1.29, 1.82) is 0 Å². The lowest BCUT2D eigenvalue weighted by atomic mass is 10.1. The van der Waals surface area contributed by atoms with E-state index in [0.29, 0.717) is 17.9 Å². The highest BCUT2D eigenvalue weighted by molar-refractivity contribution is 5.94. The zero-order valence-electron chi connectivity index (χ0n) is 9.33. The van der Waals surface area contributed by atoms with Crippen LogP contribution in [0.15, 0.2) is 36.9 Å². The molecule has 2 aromatic heterocycles. The van der Waals surface area contributed by atoms with Crippen LogP contribution >= 0.6 is 0 Å². The maximum Gasteiger partial charge on any atom is 0.357 e. The minimum Gasteiger partial charge on any atom is -0.461 e. The predicted molar refractivity (Wildman–Crippen MR) is 61.2 cm³/mol. The van der Waals surface area contributed by atoms with E-state index >= 15 is 0 Å². The Morgan fingerprint density at radius 3 is 2.88 bits per heavy atom. The highest BCUT2D eigenvalue weighted by atomic mass is 16.5. The van der Waals surface area contributed by atoms with Crippen LogP contribution in [-0.4, -0.2) is 27.5 Å². The third kappa shape index (κ3) is 2.44. The molecule has 0 fully saturated rings. The van der Waals surface area contributed by atoms with Gasteiger partial charge in [0.05, 0.1) is 18.5 Å². The second-order valence-electron chi connectivity index (χ2n) is 3.21. The molecule has 5 heteroatoms. The molecule has 2 heterocycles. The van der Waals surface area contributed by atoms with Gasteiger partial charge in [0.1, 0.15) is 0 Å². The lowest BCUT2D eigenvalue weighted by Crippen LogP contribution is -2.09. The number of hydrogen-bond acceptors (Lipinski definition) is 5. The third-order valence-electron chi connectivity index (χ3n) is 2.12. The maximum atomic E-state index is 11.7. The first kappa shape index (κ1) is 11.2. The molecule has 0 radical (unpaired) electrons. The lowest BCUT2D eigenvalue weighted by Gasteiger charge is -2.06. The molecule has 0 saturated carbocycles. The fourth-order valence-electron chi connectivity index (χ4n) is 1.41. The van der Waals surface area contributed by atoms with Gasteiger partial charge in [0.15, 0.2) is 5.69 Å². The molecule has 5 nitrogen and oxygen atoms in total. The van der Waals surface area contributed by atoms with Gasteiger partial charge in [-0.15, -0.1) is 0 Å². The van der Waals surface area contributed by atoms with Crippen LogP contribution in [0.4, 0.5) is 0 Å². The van der Waals surface area contributed by atoms with Crippen molar-refractivity contribution in [3.05, 3.63) is 42.6 Å². The summed E-state index contributed by atoms with van der Waals surface area (Å²) in [5.74, 6) is -0.450. The van der Waals surface area contributed by atoms with Crippen LogP contribution in [0.1, 0.15) is 17.4 Å². The fourth-order valence-corrected chi connectivity index (χ4v) is 1.41. The monoisotopic (exact) mass is 229 g/mol. The average molecular weight is 229 g/mol. The summed E-state index contributed by atoms with van der Waals surface area (Å²) < 4.78 is 4.94. The van der Waals surface area contributed by atoms with E-state index in [4.69, 9.17) is 4.74 Å². The van der Waals surface area contributed by atoms with Gasteiger partial charge in [-0.1, -0.05) is 0 Å². The van der Waals surface area contributed by atoms with Crippen molar-refractivity contribution in [3.8, 4) is 11.3 Å². The van der Waals surface area contributed by atoms with E-state index < -0.39 is 5.97 Å². The Morgan fingerprint density at radius 1 is 1.29 bits per heavy atom. The van der Waals surface area contributed by atoms with Crippen molar-refractivity contribution < 1.29 is 9.53 Å². The zero-order valence-corrected chi connectivity index (χ0v) is 9.33. The van der Waals surface area contributed by atoms with E-state index in [1.807, 2.05) is 0 Å². The Labute approximate surface area is 98.5 Å². The Morgan fingerprint density at radius 2 is 2.18 bits per heavy atom. The first-order valence-electron chi connectivity index (χ1n) is 5.21. The van der Waals surface area contributed by atoms with Gasteiger partial charge in [-0.25, -0.2) is 9.78 Å². The topological polar surface area (TPSA) is 65.0 Å². The summed E-state index contributed by atoms with van der Waals surface area (Å²) >= 11 is 0. The molecule has 17 heavy (non-hydrogen) atoms. The predicted octanol–water partition coefficient (Wildman–Crippen LogP) is 1.72. The highest BCUT2D eigenvalue weighted by Gasteiger charge is 2.15. The Bertz CT molecular complexity index is 514. The molecule has 0 aliphatic carbocycles. The van der Waals surface area contributed by atoms with Crippen LogP contribution in [-0.2, 0) is 4.74 Å².